The zero-order valence-corrected chi connectivity index (χ0v) is 13.2. The quantitative estimate of drug-likeness (QED) is 0.890. The Bertz CT molecular complexity index is 679. The molecule has 1 aliphatic rings. The van der Waals surface area contributed by atoms with Gasteiger partial charge in [0.15, 0.2) is 5.82 Å². The van der Waals surface area contributed by atoms with Crippen molar-refractivity contribution >= 4 is 5.91 Å². The first kappa shape index (κ1) is 15.7. The smallest absolute Gasteiger partial charge is 0.287 e. The molecule has 2 aromatic rings. The summed E-state index contributed by atoms with van der Waals surface area (Å²) < 4.78 is 14.2. The molecule has 1 aromatic heterocycles. The lowest BCUT2D eigenvalue weighted by Crippen LogP contribution is -2.37. The first-order chi connectivity index (χ1) is 11.1. The Morgan fingerprint density at radius 2 is 2.13 bits per heavy atom. The minimum Gasteiger partial charge on any atom is -0.347 e. The lowest BCUT2D eigenvalue weighted by molar-refractivity contribution is 0.0927. The summed E-state index contributed by atoms with van der Waals surface area (Å²) in [6, 6.07) is 6.62. The summed E-state index contributed by atoms with van der Waals surface area (Å²) in [5, 5.41) is 2.87. The van der Waals surface area contributed by atoms with E-state index in [9.17, 15) is 9.18 Å². The summed E-state index contributed by atoms with van der Waals surface area (Å²) in [5.41, 5.74) is 1.46. The van der Waals surface area contributed by atoms with E-state index < -0.39 is 0 Å². The van der Waals surface area contributed by atoms with Gasteiger partial charge in [0, 0.05) is 24.0 Å². The zero-order valence-electron chi connectivity index (χ0n) is 13.2. The minimum absolute atomic E-state index is 0.154. The van der Waals surface area contributed by atoms with Gasteiger partial charge >= 0.3 is 0 Å². The summed E-state index contributed by atoms with van der Waals surface area (Å²) in [7, 11) is 0. The molecule has 3 rings (SSSR count). The maximum atomic E-state index is 14.2. The third-order valence-corrected chi connectivity index (χ3v) is 4.22. The number of carbonyl (C=O) groups excluding carboxylic acids is 1. The number of benzene rings is 1. The molecule has 2 N–H and O–H groups in total. The second-order valence-electron chi connectivity index (χ2n) is 5.91. The Labute approximate surface area is 134 Å². The van der Waals surface area contributed by atoms with Gasteiger partial charge in [0.25, 0.3) is 5.91 Å². The first-order valence-electron chi connectivity index (χ1n) is 7.93. The van der Waals surface area contributed by atoms with Gasteiger partial charge in [0.2, 0.25) is 0 Å². The highest BCUT2D eigenvalue weighted by molar-refractivity contribution is 5.90. The SMILES string of the molecule is Cc1cnc(C(=O)NC[C@H](c2ccccc2F)N2CCCC2)[nH]1. The number of hydrogen-bond acceptors (Lipinski definition) is 3. The minimum atomic E-state index is -0.265. The van der Waals surface area contributed by atoms with Crippen LogP contribution in [0, 0.1) is 12.7 Å². The van der Waals surface area contributed by atoms with Crippen LogP contribution in [0.5, 0.6) is 0 Å². The number of amides is 1. The molecule has 0 unspecified atom stereocenters. The van der Waals surface area contributed by atoms with E-state index >= 15 is 0 Å². The van der Waals surface area contributed by atoms with Crippen molar-refractivity contribution in [2.45, 2.75) is 25.8 Å². The zero-order chi connectivity index (χ0) is 16.2. The van der Waals surface area contributed by atoms with Gasteiger partial charge in [-0.1, -0.05) is 18.2 Å². The molecule has 0 bridgehead atoms. The van der Waals surface area contributed by atoms with Crippen molar-refractivity contribution in [3.8, 4) is 0 Å². The van der Waals surface area contributed by atoms with Crippen LogP contribution in [0.25, 0.3) is 0 Å². The number of halogens is 1. The average molecular weight is 316 g/mol. The third kappa shape index (κ3) is 3.59. The number of likely N-dealkylation sites (tertiary alicyclic amines) is 1. The van der Waals surface area contributed by atoms with Crippen molar-refractivity contribution in [1.29, 1.82) is 0 Å². The standard InChI is InChI=1S/C17H21FN4O/c1-12-10-19-16(21-12)17(23)20-11-15(22-8-4-5-9-22)13-6-2-3-7-14(13)18/h2-3,6-7,10,15H,4-5,8-9,11H2,1H3,(H,19,21)(H,20,23)/t15-/m1/s1. The lowest BCUT2D eigenvalue weighted by Gasteiger charge is -2.28. The van der Waals surface area contributed by atoms with E-state index in [0.29, 0.717) is 12.1 Å². The van der Waals surface area contributed by atoms with Crippen LogP contribution >= 0.6 is 0 Å². The molecule has 0 saturated carbocycles. The molecule has 0 spiro atoms. The third-order valence-electron chi connectivity index (χ3n) is 4.22. The van der Waals surface area contributed by atoms with E-state index in [1.807, 2.05) is 13.0 Å². The fourth-order valence-corrected chi connectivity index (χ4v) is 3.04. The highest BCUT2D eigenvalue weighted by atomic mass is 19.1. The molecule has 1 amide bonds. The first-order valence-corrected chi connectivity index (χ1v) is 7.93. The van der Waals surface area contributed by atoms with E-state index in [0.717, 1.165) is 31.6 Å². The highest BCUT2D eigenvalue weighted by Gasteiger charge is 2.26. The number of aryl methyl sites for hydroxylation is 1. The molecule has 0 aliphatic carbocycles. The Morgan fingerprint density at radius 3 is 2.78 bits per heavy atom. The Hall–Kier alpha value is -2.21. The Balaban J connectivity index is 1.74. The molecule has 1 atom stereocenters. The lowest BCUT2D eigenvalue weighted by atomic mass is 10.0. The molecular weight excluding hydrogens is 295 g/mol. The van der Waals surface area contributed by atoms with Crippen LogP contribution in [-0.4, -0.2) is 40.4 Å². The summed E-state index contributed by atoms with van der Waals surface area (Å²) in [6.45, 7) is 4.05. The summed E-state index contributed by atoms with van der Waals surface area (Å²) in [4.78, 5) is 21.3. The van der Waals surface area contributed by atoms with Gasteiger partial charge in [0.05, 0.1) is 6.04 Å². The molecule has 1 saturated heterocycles. The second kappa shape index (κ2) is 6.91. The maximum Gasteiger partial charge on any atom is 0.287 e. The van der Waals surface area contributed by atoms with Crippen LogP contribution in [0.15, 0.2) is 30.5 Å². The van der Waals surface area contributed by atoms with E-state index in [1.165, 1.54) is 6.07 Å². The molecule has 2 heterocycles. The van der Waals surface area contributed by atoms with Crippen molar-refractivity contribution in [2.75, 3.05) is 19.6 Å². The van der Waals surface area contributed by atoms with Crippen molar-refractivity contribution < 1.29 is 9.18 Å². The van der Waals surface area contributed by atoms with E-state index in [-0.39, 0.29) is 23.6 Å². The molecule has 23 heavy (non-hydrogen) atoms. The van der Waals surface area contributed by atoms with Crippen LogP contribution < -0.4 is 5.32 Å². The molecule has 122 valence electrons. The number of nitrogens with zero attached hydrogens (tertiary/aromatic N) is 2. The Morgan fingerprint density at radius 1 is 1.39 bits per heavy atom. The van der Waals surface area contributed by atoms with Crippen molar-refractivity contribution in [3.63, 3.8) is 0 Å². The number of aromatic nitrogens is 2. The molecule has 6 heteroatoms. The van der Waals surface area contributed by atoms with Gasteiger partial charge in [-0.15, -0.1) is 0 Å². The number of hydrogen-bond donors (Lipinski definition) is 2. The van der Waals surface area contributed by atoms with Crippen molar-refractivity contribution in [2.24, 2.45) is 0 Å². The van der Waals surface area contributed by atoms with Gasteiger partial charge in [-0.2, -0.15) is 0 Å². The number of nitrogens with one attached hydrogen (secondary N) is 2. The highest BCUT2D eigenvalue weighted by Crippen LogP contribution is 2.26. The largest absolute Gasteiger partial charge is 0.347 e. The van der Waals surface area contributed by atoms with Crippen LogP contribution in [-0.2, 0) is 0 Å². The predicted molar refractivity (Wildman–Crippen MR) is 85.6 cm³/mol. The number of rotatable bonds is 5. The summed E-state index contributed by atoms with van der Waals surface area (Å²) in [6.07, 6.45) is 3.83. The number of H-pyrrole nitrogens is 1. The second-order valence-corrected chi connectivity index (χ2v) is 5.91. The van der Waals surface area contributed by atoms with Crippen molar-refractivity contribution in [3.05, 3.63) is 53.4 Å². The molecule has 0 radical (unpaired) electrons. The number of carbonyl (C=O) groups is 1. The van der Waals surface area contributed by atoms with Crippen molar-refractivity contribution in [1.82, 2.24) is 20.2 Å². The van der Waals surface area contributed by atoms with Gasteiger partial charge in [0.1, 0.15) is 5.82 Å². The topological polar surface area (TPSA) is 61.0 Å². The average Bonchev–Trinajstić information content (AvgIpc) is 3.21. The van der Waals surface area contributed by atoms with E-state index in [4.69, 9.17) is 0 Å². The molecule has 1 aromatic carbocycles. The monoisotopic (exact) mass is 316 g/mol. The predicted octanol–water partition coefficient (Wildman–Crippen LogP) is 2.42. The fraction of sp³-hybridized carbons (Fsp3) is 0.412. The summed E-state index contributed by atoms with van der Waals surface area (Å²) in [5.74, 6) is -0.206. The molecule has 5 nitrogen and oxygen atoms in total. The van der Waals surface area contributed by atoms with Crippen LogP contribution in [0.3, 0.4) is 0 Å². The van der Waals surface area contributed by atoms with Gasteiger partial charge in [-0.25, -0.2) is 9.37 Å². The number of imidazole rings is 1. The van der Waals surface area contributed by atoms with E-state index in [1.54, 1.807) is 18.3 Å². The van der Waals surface area contributed by atoms with Crippen LogP contribution in [0.1, 0.15) is 40.8 Å². The van der Waals surface area contributed by atoms with Gasteiger partial charge in [-0.3, -0.25) is 9.69 Å². The van der Waals surface area contributed by atoms with E-state index in [2.05, 4.69) is 20.2 Å². The van der Waals surface area contributed by atoms with Gasteiger partial charge < -0.3 is 10.3 Å². The Kier molecular flexibility index (Phi) is 4.71. The van der Waals surface area contributed by atoms with Crippen LogP contribution in [0.4, 0.5) is 4.39 Å². The summed E-state index contributed by atoms with van der Waals surface area (Å²) >= 11 is 0. The normalized spacial score (nSPS) is 16.4. The molecule has 1 fully saturated rings. The fourth-order valence-electron chi connectivity index (χ4n) is 3.04. The van der Waals surface area contributed by atoms with Gasteiger partial charge in [-0.05, 0) is 38.9 Å². The molecule has 1 aliphatic heterocycles. The van der Waals surface area contributed by atoms with Crippen LogP contribution in [0.2, 0.25) is 0 Å². The maximum absolute atomic E-state index is 14.2. The molecular formula is C17H21FN4O. The number of aromatic amines is 1.